The molecule has 1 aromatic carbocycles. The summed E-state index contributed by atoms with van der Waals surface area (Å²) in [6, 6.07) is 5.09. The van der Waals surface area contributed by atoms with E-state index in [1.54, 1.807) is 6.07 Å². The number of ether oxygens (including phenoxy) is 1. The van der Waals surface area contributed by atoms with E-state index in [4.69, 9.17) is 4.74 Å². The minimum atomic E-state index is -0.237. The minimum absolute atomic E-state index is 0.0421. The monoisotopic (exact) mass is 364 g/mol. The van der Waals surface area contributed by atoms with Crippen LogP contribution in [0.25, 0.3) is 0 Å². The molecule has 0 saturated carbocycles. The molecular weight excluding hydrogens is 331 g/mol. The highest BCUT2D eigenvalue weighted by Crippen LogP contribution is 2.24. The second-order valence-corrected chi connectivity index (χ2v) is 8.29. The first-order valence-corrected chi connectivity index (χ1v) is 9.64. The molecule has 0 N–H and O–H groups in total. The van der Waals surface area contributed by atoms with Crippen molar-refractivity contribution in [1.82, 2.24) is 9.80 Å². The van der Waals surface area contributed by atoms with Crippen LogP contribution in [0.1, 0.15) is 39.7 Å². The first-order valence-electron chi connectivity index (χ1n) is 9.64. The fourth-order valence-electron chi connectivity index (χ4n) is 3.20. The van der Waals surface area contributed by atoms with Gasteiger partial charge in [0.2, 0.25) is 5.91 Å². The third kappa shape index (κ3) is 5.97. The van der Waals surface area contributed by atoms with Gasteiger partial charge in [-0.2, -0.15) is 0 Å². The number of rotatable bonds is 9. The van der Waals surface area contributed by atoms with Gasteiger partial charge >= 0.3 is 0 Å². The molecule has 0 spiro atoms. The van der Waals surface area contributed by atoms with Gasteiger partial charge in [0.05, 0.1) is 12.5 Å². The Morgan fingerprint density at radius 1 is 1.27 bits per heavy atom. The number of nitrogens with zero attached hydrogens (tertiary/aromatic N) is 2. The first kappa shape index (κ1) is 20.7. The number of amides is 1. The van der Waals surface area contributed by atoms with Crippen molar-refractivity contribution in [3.05, 3.63) is 29.6 Å². The summed E-state index contributed by atoms with van der Waals surface area (Å²) >= 11 is 0. The molecule has 0 bridgehead atoms. The number of carbonyl (C=O) groups excluding carboxylic acids is 1. The predicted molar refractivity (Wildman–Crippen MR) is 103 cm³/mol. The topological polar surface area (TPSA) is 32.8 Å². The zero-order valence-electron chi connectivity index (χ0n) is 16.8. The number of likely N-dealkylation sites (tertiary alicyclic amines) is 1. The van der Waals surface area contributed by atoms with E-state index in [9.17, 15) is 9.18 Å². The van der Waals surface area contributed by atoms with Gasteiger partial charge in [0.1, 0.15) is 11.6 Å². The molecule has 4 nitrogen and oxygen atoms in total. The van der Waals surface area contributed by atoms with Crippen LogP contribution in [-0.4, -0.2) is 49.0 Å². The lowest BCUT2D eigenvalue weighted by Gasteiger charge is -2.40. The van der Waals surface area contributed by atoms with E-state index in [0.717, 1.165) is 13.0 Å². The molecule has 1 aromatic rings. The summed E-state index contributed by atoms with van der Waals surface area (Å²) in [5.41, 5.74) is 0.655. The number of halogens is 1. The maximum Gasteiger partial charge on any atom is 0.228 e. The molecule has 1 fully saturated rings. The molecule has 1 saturated heterocycles. The van der Waals surface area contributed by atoms with Gasteiger partial charge in [-0.25, -0.2) is 4.39 Å². The summed E-state index contributed by atoms with van der Waals surface area (Å²) < 4.78 is 19.9. The summed E-state index contributed by atoms with van der Waals surface area (Å²) in [5.74, 6) is 1.62. The molecule has 146 valence electrons. The Kier molecular flexibility index (Phi) is 7.44. The molecule has 0 radical (unpaired) electrons. The van der Waals surface area contributed by atoms with Gasteiger partial charge < -0.3 is 9.64 Å². The van der Waals surface area contributed by atoms with Crippen molar-refractivity contribution in [3.63, 3.8) is 0 Å². The second-order valence-electron chi connectivity index (χ2n) is 8.29. The molecule has 1 amide bonds. The summed E-state index contributed by atoms with van der Waals surface area (Å²) in [7, 11) is 1.86. The third-order valence-electron chi connectivity index (χ3n) is 4.70. The van der Waals surface area contributed by atoms with Crippen LogP contribution in [0.3, 0.4) is 0 Å². The van der Waals surface area contributed by atoms with Crippen molar-refractivity contribution >= 4 is 5.91 Å². The highest BCUT2D eigenvalue weighted by Gasteiger charge is 2.34. The summed E-state index contributed by atoms with van der Waals surface area (Å²) in [6.45, 7) is 11.8. The van der Waals surface area contributed by atoms with Gasteiger partial charge in [-0.05, 0) is 24.3 Å². The maximum absolute atomic E-state index is 14.3. The molecule has 1 aliphatic heterocycles. The lowest BCUT2D eigenvalue weighted by atomic mass is 9.97. The Bertz CT molecular complexity index is 598. The Balaban J connectivity index is 1.79. The first-order chi connectivity index (χ1) is 12.3. The Hall–Kier alpha value is -1.62. The second kappa shape index (κ2) is 9.36. The molecule has 0 atom stereocenters. The average molecular weight is 365 g/mol. The van der Waals surface area contributed by atoms with E-state index in [2.05, 4.69) is 32.6 Å². The van der Waals surface area contributed by atoms with Gasteiger partial charge in [0, 0.05) is 44.9 Å². The SMILES string of the molecule is CC(C)CCOc1ccc(CN2CC(C(=O)N(C)CC(C)C)C2)c(F)c1. The Morgan fingerprint density at radius 2 is 1.96 bits per heavy atom. The zero-order valence-corrected chi connectivity index (χ0v) is 16.8. The highest BCUT2D eigenvalue weighted by atomic mass is 19.1. The van der Waals surface area contributed by atoms with Crippen molar-refractivity contribution < 1.29 is 13.9 Å². The molecule has 1 aliphatic rings. The minimum Gasteiger partial charge on any atom is -0.493 e. The van der Waals surface area contributed by atoms with E-state index in [0.29, 0.717) is 49.4 Å². The standard InChI is InChI=1S/C21H33FN2O2/c1-15(2)8-9-26-19-7-6-17(20(22)10-19)12-24-13-18(14-24)21(25)23(5)11-16(3)4/h6-7,10,15-16,18H,8-9,11-14H2,1-5H3. The molecule has 26 heavy (non-hydrogen) atoms. The molecule has 0 aliphatic carbocycles. The largest absolute Gasteiger partial charge is 0.493 e. The molecule has 2 rings (SSSR count). The lowest BCUT2D eigenvalue weighted by Crippen LogP contribution is -2.53. The number of benzene rings is 1. The third-order valence-corrected chi connectivity index (χ3v) is 4.70. The van der Waals surface area contributed by atoms with Crippen molar-refractivity contribution in [3.8, 4) is 5.75 Å². The van der Waals surface area contributed by atoms with Gasteiger partial charge in [0.15, 0.2) is 0 Å². The molecule has 1 heterocycles. The van der Waals surface area contributed by atoms with Crippen molar-refractivity contribution in [2.24, 2.45) is 17.8 Å². The van der Waals surface area contributed by atoms with E-state index in [1.165, 1.54) is 6.07 Å². The quantitative estimate of drug-likeness (QED) is 0.668. The van der Waals surface area contributed by atoms with Crippen LogP contribution in [-0.2, 0) is 11.3 Å². The molecule has 5 heteroatoms. The summed E-state index contributed by atoms with van der Waals surface area (Å²) in [5, 5.41) is 0. The van der Waals surface area contributed by atoms with Gasteiger partial charge in [-0.3, -0.25) is 9.69 Å². The van der Waals surface area contributed by atoms with Crippen LogP contribution in [0, 0.1) is 23.6 Å². The normalized spacial score (nSPS) is 15.4. The number of hydrogen-bond donors (Lipinski definition) is 0. The van der Waals surface area contributed by atoms with Crippen LogP contribution in [0.4, 0.5) is 4.39 Å². The fourth-order valence-corrected chi connectivity index (χ4v) is 3.20. The zero-order chi connectivity index (χ0) is 19.3. The molecule has 0 aromatic heterocycles. The summed E-state index contributed by atoms with van der Waals surface area (Å²) in [4.78, 5) is 16.3. The maximum atomic E-state index is 14.3. The van der Waals surface area contributed by atoms with Crippen molar-refractivity contribution in [2.75, 3.05) is 33.3 Å². The molecule has 0 unspecified atom stereocenters. The number of hydrogen-bond acceptors (Lipinski definition) is 3. The van der Waals surface area contributed by atoms with Gasteiger partial charge in [-0.15, -0.1) is 0 Å². The lowest BCUT2D eigenvalue weighted by molar-refractivity contribution is -0.140. The van der Waals surface area contributed by atoms with E-state index in [-0.39, 0.29) is 17.6 Å². The van der Waals surface area contributed by atoms with Gasteiger partial charge in [0.25, 0.3) is 0 Å². The average Bonchev–Trinajstić information content (AvgIpc) is 2.50. The van der Waals surface area contributed by atoms with Crippen LogP contribution in [0.2, 0.25) is 0 Å². The van der Waals surface area contributed by atoms with E-state index in [1.807, 2.05) is 18.0 Å². The van der Waals surface area contributed by atoms with Crippen LogP contribution in [0.15, 0.2) is 18.2 Å². The Labute approximate surface area is 157 Å². The van der Waals surface area contributed by atoms with E-state index < -0.39 is 0 Å². The number of carbonyl (C=O) groups is 1. The highest BCUT2D eigenvalue weighted by molar-refractivity contribution is 5.80. The van der Waals surface area contributed by atoms with Crippen LogP contribution < -0.4 is 4.74 Å². The van der Waals surface area contributed by atoms with Crippen LogP contribution >= 0.6 is 0 Å². The van der Waals surface area contributed by atoms with Crippen molar-refractivity contribution in [2.45, 2.75) is 40.7 Å². The Morgan fingerprint density at radius 3 is 2.54 bits per heavy atom. The molecular formula is C21H33FN2O2. The predicted octanol–water partition coefficient (Wildman–Crippen LogP) is 3.80. The summed E-state index contributed by atoms with van der Waals surface area (Å²) in [6.07, 6.45) is 0.956. The van der Waals surface area contributed by atoms with Crippen molar-refractivity contribution in [1.29, 1.82) is 0 Å². The van der Waals surface area contributed by atoms with Gasteiger partial charge in [-0.1, -0.05) is 33.8 Å². The smallest absolute Gasteiger partial charge is 0.228 e. The van der Waals surface area contributed by atoms with E-state index >= 15 is 0 Å². The fraction of sp³-hybridized carbons (Fsp3) is 0.667. The van der Waals surface area contributed by atoms with Crippen LogP contribution in [0.5, 0.6) is 5.75 Å².